The number of aromatic amines is 1. The summed E-state index contributed by atoms with van der Waals surface area (Å²) in [7, 11) is -3.76. The number of oxazole rings is 1. The second-order valence-electron chi connectivity index (χ2n) is 5.92. The number of morpholine rings is 1. The molecule has 1 aliphatic heterocycles. The predicted octanol–water partition coefficient (Wildman–Crippen LogP) is 2.54. The van der Waals surface area contributed by atoms with Crippen molar-refractivity contribution in [2.24, 2.45) is 0 Å². The van der Waals surface area contributed by atoms with Gasteiger partial charge in [-0.3, -0.25) is 4.98 Å². The van der Waals surface area contributed by atoms with Crippen molar-refractivity contribution >= 4 is 32.7 Å². The first-order chi connectivity index (χ1) is 12.4. The van der Waals surface area contributed by atoms with Crippen molar-refractivity contribution in [3.63, 3.8) is 0 Å². The molecule has 1 aromatic heterocycles. The summed E-state index contributed by atoms with van der Waals surface area (Å²) in [6, 6.07) is 11.5. The van der Waals surface area contributed by atoms with Crippen molar-refractivity contribution in [2.45, 2.75) is 11.0 Å². The molecule has 0 radical (unpaired) electrons. The van der Waals surface area contributed by atoms with Crippen LogP contribution < -0.4 is 5.76 Å². The maximum Gasteiger partial charge on any atom is 0.417 e. The molecule has 3 aromatic rings. The number of nitrogens with zero attached hydrogens (tertiary/aromatic N) is 1. The van der Waals surface area contributed by atoms with Gasteiger partial charge in [-0.1, -0.05) is 29.8 Å². The Bertz CT molecular complexity index is 1120. The van der Waals surface area contributed by atoms with E-state index < -0.39 is 21.9 Å². The van der Waals surface area contributed by atoms with Crippen LogP contribution in [0, 0.1) is 0 Å². The average molecular weight is 395 g/mol. The fourth-order valence-electron chi connectivity index (χ4n) is 3.00. The van der Waals surface area contributed by atoms with E-state index in [1.165, 1.54) is 22.5 Å². The molecule has 26 heavy (non-hydrogen) atoms. The first-order valence-electron chi connectivity index (χ1n) is 7.94. The minimum Gasteiger partial charge on any atom is -0.408 e. The van der Waals surface area contributed by atoms with Crippen molar-refractivity contribution < 1.29 is 17.6 Å². The summed E-state index contributed by atoms with van der Waals surface area (Å²) in [4.78, 5) is 13.8. The molecule has 9 heteroatoms. The van der Waals surface area contributed by atoms with Crippen LogP contribution in [-0.2, 0) is 14.8 Å². The third-order valence-electron chi connectivity index (χ3n) is 4.31. The highest BCUT2D eigenvalue weighted by atomic mass is 35.5. The Morgan fingerprint density at radius 3 is 2.81 bits per heavy atom. The van der Waals surface area contributed by atoms with Crippen molar-refractivity contribution in [1.29, 1.82) is 0 Å². The molecule has 1 saturated heterocycles. The van der Waals surface area contributed by atoms with Gasteiger partial charge in [0.1, 0.15) is 0 Å². The number of aromatic nitrogens is 1. The third-order valence-corrected chi connectivity index (χ3v) is 6.52. The minimum absolute atomic E-state index is 0.0626. The second kappa shape index (κ2) is 6.55. The van der Waals surface area contributed by atoms with Gasteiger partial charge in [0, 0.05) is 29.7 Å². The van der Waals surface area contributed by atoms with Gasteiger partial charge in [-0.05, 0) is 18.2 Å². The maximum absolute atomic E-state index is 13.0. The number of sulfonamides is 1. The zero-order valence-corrected chi connectivity index (χ0v) is 15.1. The summed E-state index contributed by atoms with van der Waals surface area (Å²) in [6.07, 6.45) is -0.443. The number of hydrogen-bond donors (Lipinski definition) is 1. The quantitative estimate of drug-likeness (QED) is 0.736. The highest BCUT2D eigenvalue weighted by Gasteiger charge is 2.32. The van der Waals surface area contributed by atoms with E-state index in [1.54, 1.807) is 6.07 Å². The third kappa shape index (κ3) is 3.05. The fraction of sp³-hybridized carbons (Fsp3) is 0.235. The summed E-state index contributed by atoms with van der Waals surface area (Å²) in [5, 5.41) is 0.535. The van der Waals surface area contributed by atoms with Crippen LogP contribution in [0.5, 0.6) is 0 Å². The molecule has 2 aromatic carbocycles. The average Bonchev–Trinajstić information content (AvgIpc) is 3.01. The molecule has 0 saturated carbocycles. The molecule has 0 amide bonds. The number of ether oxygens (including phenoxy) is 1. The molecule has 7 nitrogen and oxygen atoms in total. The Hall–Kier alpha value is -2.13. The van der Waals surface area contributed by atoms with E-state index in [0.717, 1.165) is 5.56 Å². The van der Waals surface area contributed by atoms with Gasteiger partial charge < -0.3 is 9.15 Å². The van der Waals surface area contributed by atoms with Gasteiger partial charge >= 0.3 is 5.76 Å². The number of benzene rings is 2. The Balaban J connectivity index is 1.66. The number of H-pyrrole nitrogens is 1. The molecule has 0 spiro atoms. The van der Waals surface area contributed by atoms with E-state index in [4.69, 9.17) is 20.8 Å². The monoisotopic (exact) mass is 394 g/mol. The molecule has 1 aliphatic rings. The van der Waals surface area contributed by atoms with E-state index in [9.17, 15) is 13.2 Å². The Morgan fingerprint density at radius 1 is 1.19 bits per heavy atom. The van der Waals surface area contributed by atoms with Crippen molar-refractivity contribution in [3.8, 4) is 0 Å². The van der Waals surface area contributed by atoms with Gasteiger partial charge in [-0.2, -0.15) is 4.31 Å². The van der Waals surface area contributed by atoms with Crippen molar-refractivity contribution in [1.82, 2.24) is 9.29 Å². The highest BCUT2D eigenvalue weighted by Crippen LogP contribution is 2.31. The van der Waals surface area contributed by atoms with E-state index in [2.05, 4.69) is 4.98 Å². The van der Waals surface area contributed by atoms with Crippen LogP contribution in [0.15, 0.2) is 56.6 Å². The lowest BCUT2D eigenvalue weighted by Gasteiger charge is -2.32. The molecule has 2 heterocycles. The zero-order chi connectivity index (χ0) is 18.3. The Labute approximate surface area is 154 Å². The van der Waals surface area contributed by atoms with Gasteiger partial charge in [0.2, 0.25) is 10.0 Å². The Morgan fingerprint density at radius 2 is 2.00 bits per heavy atom. The van der Waals surface area contributed by atoms with Gasteiger partial charge in [0.25, 0.3) is 0 Å². The standard InChI is InChI=1S/C17H15ClN2O5S/c18-13-4-2-1-3-12(13)16-10-20(7-8-24-16)26(22,23)11-5-6-14-15(9-11)25-17(21)19-14/h1-6,9,16H,7-8,10H2,(H,19,21). The molecular weight excluding hydrogens is 380 g/mol. The second-order valence-corrected chi connectivity index (χ2v) is 8.26. The normalized spacial score (nSPS) is 19.0. The molecule has 1 unspecified atom stereocenters. The SMILES string of the molecule is O=c1[nH]c2ccc(S(=O)(=O)N3CCOC(c4ccccc4Cl)C3)cc2o1. The summed E-state index contributed by atoms with van der Waals surface area (Å²) in [5.74, 6) is -0.625. The summed E-state index contributed by atoms with van der Waals surface area (Å²) >= 11 is 6.21. The molecule has 4 rings (SSSR count). The van der Waals surface area contributed by atoms with E-state index in [1.807, 2.05) is 18.2 Å². The highest BCUT2D eigenvalue weighted by molar-refractivity contribution is 7.89. The van der Waals surface area contributed by atoms with Crippen LogP contribution in [0.3, 0.4) is 0 Å². The van der Waals surface area contributed by atoms with Gasteiger partial charge in [-0.25, -0.2) is 13.2 Å². The summed E-state index contributed by atoms with van der Waals surface area (Å²) in [6.45, 7) is 0.649. The molecular formula is C17H15ClN2O5S. The number of rotatable bonds is 3. The zero-order valence-electron chi connectivity index (χ0n) is 13.5. The molecule has 1 atom stereocenters. The van der Waals surface area contributed by atoms with Crippen LogP contribution in [0.1, 0.15) is 11.7 Å². The maximum atomic E-state index is 13.0. The first kappa shape index (κ1) is 17.3. The molecule has 0 aliphatic carbocycles. The minimum atomic E-state index is -3.76. The van der Waals surface area contributed by atoms with Crippen molar-refractivity contribution in [3.05, 3.63) is 63.6 Å². The molecule has 0 bridgehead atoms. The van der Waals surface area contributed by atoms with Crippen LogP contribution in [0.25, 0.3) is 11.1 Å². The number of fused-ring (bicyclic) bond motifs is 1. The van der Waals surface area contributed by atoms with E-state index in [-0.39, 0.29) is 30.2 Å². The number of nitrogens with one attached hydrogen (secondary N) is 1. The van der Waals surface area contributed by atoms with Crippen LogP contribution >= 0.6 is 11.6 Å². The first-order valence-corrected chi connectivity index (χ1v) is 9.76. The molecule has 1 fully saturated rings. The van der Waals surface area contributed by atoms with Crippen LogP contribution in [-0.4, -0.2) is 37.4 Å². The summed E-state index contributed by atoms with van der Waals surface area (Å²) < 4.78 is 38.1. The summed E-state index contributed by atoms with van der Waals surface area (Å²) in [5.41, 5.74) is 1.40. The van der Waals surface area contributed by atoms with Gasteiger partial charge in [0.15, 0.2) is 5.58 Å². The van der Waals surface area contributed by atoms with Crippen LogP contribution in [0.4, 0.5) is 0 Å². The largest absolute Gasteiger partial charge is 0.417 e. The molecule has 136 valence electrons. The number of halogens is 1. The van der Waals surface area contributed by atoms with Crippen molar-refractivity contribution in [2.75, 3.05) is 19.7 Å². The lowest BCUT2D eigenvalue weighted by atomic mass is 10.1. The Kier molecular flexibility index (Phi) is 4.36. The lowest BCUT2D eigenvalue weighted by Crippen LogP contribution is -2.42. The van der Waals surface area contributed by atoms with Gasteiger partial charge in [0.05, 0.1) is 23.1 Å². The van der Waals surface area contributed by atoms with Gasteiger partial charge in [-0.15, -0.1) is 0 Å². The topological polar surface area (TPSA) is 92.6 Å². The van der Waals surface area contributed by atoms with E-state index >= 15 is 0 Å². The molecule has 1 N–H and O–H groups in total. The predicted molar refractivity (Wildman–Crippen MR) is 95.7 cm³/mol. The smallest absolute Gasteiger partial charge is 0.408 e. The van der Waals surface area contributed by atoms with Crippen LogP contribution in [0.2, 0.25) is 5.02 Å². The lowest BCUT2D eigenvalue weighted by molar-refractivity contribution is -0.00249. The number of hydrogen-bond acceptors (Lipinski definition) is 5. The fourth-order valence-corrected chi connectivity index (χ4v) is 4.70. The van der Waals surface area contributed by atoms with E-state index in [0.29, 0.717) is 10.5 Å².